The molecule has 1 aromatic carbocycles. The Morgan fingerprint density at radius 3 is 2.68 bits per heavy atom. The van der Waals surface area contributed by atoms with E-state index in [1.165, 1.54) is 6.42 Å². The van der Waals surface area contributed by atoms with Crippen molar-refractivity contribution >= 4 is 5.91 Å². The minimum atomic E-state index is 0.0454. The Hall–Kier alpha value is -2.01. The molecule has 2 fully saturated rings. The second-order valence-electron chi connectivity index (χ2n) is 6.96. The Morgan fingerprint density at radius 1 is 1.24 bits per heavy atom. The second-order valence-corrected chi connectivity index (χ2v) is 6.96. The number of benzene rings is 1. The maximum atomic E-state index is 13.2. The third-order valence-corrected chi connectivity index (χ3v) is 5.57. The molecule has 2 aliphatic rings. The number of carbonyl (C=O) groups excluding carboxylic acids is 1. The van der Waals surface area contributed by atoms with E-state index < -0.39 is 0 Å². The maximum absolute atomic E-state index is 13.2. The molecule has 1 spiro atoms. The second kappa shape index (κ2) is 7.48. The molecule has 0 saturated carbocycles. The Labute approximate surface area is 150 Å². The molecule has 0 radical (unpaired) electrons. The standard InChI is InChI=1S/C20H28N2O3/c1-4-11-22-13-6-10-20(22)9-5-12-21(15-20)19(23)17-8-7-16(24-2)14-18(17)25-3/h4,7-8,14H,1,5-6,9-13,15H2,2-3H3. The van der Waals surface area contributed by atoms with Crippen molar-refractivity contribution in [3.63, 3.8) is 0 Å². The zero-order valence-corrected chi connectivity index (χ0v) is 15.3. The summed E-state index contributed by atoms with van der Waals surface area (Å²) in [6.07, 6.45) is 6.52. The lowest BCUT2D eigenvalue weighted by Gasteiger charge is -2.46. The van der Waals surface area contributed by atoms with Crippen LogP contribution in [0.25, 0.3) is 0 Å². The Morgan fingerprint density at radius 2 is 2.00 bits per heavy atom. The van der Waals surface area contributed by atoms with Crippen molar-refractivity contribution in [2.45, 2.75) is 31.2 Å². The van der Waals surface area contributed by atoms with Gasteiger partial charge in [-0.05, 0) is 44.4 Å². The average molecular weight is 344 g/mol. The van der Waals surface area contributed by atoms with E-state index in [9.17, 15) is 4.79 Å². The molecule has 1 unspecified atom stereocenters. The minimum Gasteiger partial charge on any atom is -0.497 e. The topological polar surface area (TPSA) is 42.0 Å². The van der Waals surface area contributed by atoms with E-state index in [-0.39, 0.29) is 11.4 Å². The highest BCUT2D eigenvalue weighted by molar-refractivity contribution is 5.97. The van der Waals surface area contributed by atoms with Gasteiger partial charge in [0.15, 0.2) is 0 Å². The van der Waals surface area contributed by atoms with Gasteiger partial charge in [-0.1, -0.05) is 6.08 Å². The van der Waals surface area contributed by atoms with Gasteiger partial charge >= 0.3 is 0 Å². The number of amides is 1. The molecule has 5 nitrogen and oxygen atoms in total. The lowest BCUT2D eigenvalue weighted by molar-refractivity contribution is 0.0364. The minimum absolute atomic E-state index is 0.0454. The van der Waals surface area contributed by atoms with Crippen LogP contribution >= 0.6 is 0 Å². The van der Waals surface area contributed by atoms with Crippen LogP contribution < -0.4 is 9.47 Å². The van der Waals surface area contributed by atoms with Crippen molar-refractivity contribution < 1.29 is 14.3 Å². The predicted molar refractivity (Wildman–Crippen MR) is 98.4 cm³/mol. The van der Waals surface area contributed by atoms with E-state index in [1.54, 1.807) is 26.4 Å². The van der Waals surface area contributed by atoms with Crippen molar-refractivity contribution in [3.8, 4) is 11.5 Å². The fourth-order valence-electron chi connectivity index (χ4n) is 4.33. The van der Waals surface area contributed by atoms with Gasteiger partial charge in [0.25, 0.3) is 5.91 Å². The van der Waals surface area contributed by atoms with E-state index in [4.69, 9.17) is 9.47 Å². The van der Waals surface area contributed by atoms with Gasteiger partial charge in [-0.3, -0.25) is 9.69 Å². The SMILES string of the molecule is C=CCN1CCCC12CCCN(C(=O)c1ccc(OC)cc1OC)C2. The van der Waals surface area contributed by atoms with Gasteiger partial charge in [0.2, 0.25) is 0 Å². The van der Waals surface area contributed by atoms with Gasteiger partial charge in [0.1, 0.15) is 11.5 Å². The maximum Gasteiger partial charge on any atom is 0.257 e. The van der Waals surface area contributed by atoms with Gasteiger partial charge < -0.3 is 14.4 Å². The summed E-state index contributed by atoms with van der Waals surface area (Å²) in [4.78, 5) is 17.7. The van der Waals surface area contributed by atoms with Crippen molar-refractivity contribution in [2.24, 2.45) is 0 Å². The van der Waals surface area contributed by atoms with Crippen molar-refractivity contribution in [2.75, 3.05) is 40.4 Å². The number of carbonyl (C=O) groups is 1. The number of hydrogen-bond donors (Lipinski definition) is 0. The summed E-state index contributed by atoms with van der Waals surface area (Å²) in [5, 5.41) is 0. The van der Waals surface area contributed by atoms with Crippen molar-refractivity contribution in [3.05, 3.63) is 36.4 Å². The third-order valence-electron chi connectivity index (χ3n) is 5.57. The summed E-state index contributed by atoms with van der Waals surface area (Å²) < 4.78 is 10.7. The normalized spacial score (nSPS) is 23.7. The lowest BCUT2D eigenvalue weighted by atomic mass is 9.86. The Balaban J connectivity index is 1.82. The van der Waals surface area contributed by atoms with Crippen LogP contribution in [0.4, 0.5) is 0 Å². The average Bonchev–Trinajstić information content (AvgIpc) is 3.02. The predicted octanol–water partition coefficient (Wildman–Crippen LogP) is 2.96. The molecule has 25 heavy (non-hydrogen) atoms. The van der Waals surface area contributed by atoms with E-state index in [1.807, 2.05) is 17.0 Å². The number of nitrogens with zero attached hydrogens (tertiary/aromatic N) is 2. The fourth-order valence-corrected chi connectivity index (χ4v) is 4.33. The number of likely N-dealkylation sites (tertiary alicyclic amines) is 2. The molecule has 0 N–H and O–H groups in total. The third kappa shape index (κ3) is 3.38. The smallest absolute Gasteiger partial charge is 0.257 e. The molecule has 5 heteroatoms. The van der Waals surface area contributed by atoms with Crippen LogP contribution in [-0.4, -0.2) is 61.6 Å². The molecule has 2 heterocycles. The molecule has 2 saturated heterocycles. The number of rotatable bonds is 5. The molecule has 0 aromatic heterocycles. The molecular formula is C20H28N2O3. The first-order valence-corrected chi connectivity index (χ1v) is 9.01. The first-order chi connectivity index (χ1) is 12.1. The summed E-state index contributed by atoms with van der Waals surface area (Å²) in [6.45, 7) is 7.48. The van der Waals surface area contributed by atoms with Gasteiger partial charge in [-0.2, -0.15) is 0 Å². The highest BCUT2D eigenvalue weighted by Gasteiger charge is 2.44. The fraction of sp³-hybridized carbons (Fsp3) is 0.550. The van der Waals surface area contributed by atoms with E-state index in [2.05, 4.69) is 11.5 Å². The molecule has 2 aliphatic heterocycles. The number of piperidine rings is 1. The van der Waals surface area contributed by atoms with Crippen molar-refractivity contribution in [1.82, 2.24) is 9.80 Å². The van der Waals surface area contributed by atoms with E-state index in [0.29, 0.717) is 17.1 Å². The summed E-state index contributed by atoms with van der Waals surface area (Å²) in [5.74, 6) is 1.30. The largest absolute Gasteiger partial charge is 0.497 e. The molecule has 0 bridgehead atoms. The first-order valence-electron chi connectivity index (χ1n) is 9.01. The first kappa shape index (κ1) is 17.8. The van der Waals surface area contributed by atoms with Crippen molar-refractivity contribution in [1.29, 1.82) is 0 Å². The molecule has 1 aromatic rings. The summed E-state index contributed by atoms with van der Waals surface area (Å²) in [6, 6.07) is 5.39. The van der Waals surface area contributed by atoms with Crippen LogP contribution in [0, 0.1) is 0 Å². The molecule has 1 atom stereocenters. The highest BCUT2D eigenvalue weighted by Crippen LogP contribution is 2.38. The molecule has 3 rings (SSSR count). The Kier molecular flexibility index (Phi) is 5.33. The lowest BCUT2D eigenvalue weighted by Crippen LogP contribution is -2.56. The van der Waals surface area contributed by atoms with Crippen LogP contribution in [-0.2, 0) is 0 Å². The number of methoxy groups -OCH3 is 2. The monoisotopic (exact) mass is 344 g/mol. The molecular weight excluding hydrogens is 316 g/mol. The van der Waals surface area contributed by atoms with Crippen LogP contribution in [0.1, 0.15) is 36.0 Å². The van der Waals surface area contributed by atoms with Crippen LogP contribution in [0.15, 0.2) is 30.9 Å². The van der Waals surface area contributed by atoms with Gasteiger partial charge in [0, 0.05) is 31.2 Å². The van der Waals surface area contributed by atoms with Crippen LogP contribution in [0.5, 0.6) is 11.5 Å². The quantitative estimate of drug-likeness (QED) is 0.770. The van der Waals surface area contributed by atoms with Gasteiger partial charge in [-0.25, -0.2) is 0 Å². The van der Waals surface area contributed by atoms with Gasteiger partial charge in [-0.15, -0.1) is 6.58 Å². The van der Waals surface area contributed by atoms with E-state index >= 15 is 0 Å². The summed E-state index contributed by atoms with van der Waals surface area (Å²) >= 11 is 0. The highest BCUT2D eigenvalue weighted by atomic mass is 16.5. The van der Waals surface area contributed by atoms with Gasteiger partial charge in [0.05, 0.1) is 19.8 Å². The number of ether oxygens (including phenoxy) is 2. The zero-order valence-electron chi connectivity index (χ0n) is 15.3. The summed E-state index contributed by atoms with van der Waals surface area (Å²) in [7, 11) is 3.20. The molecule has 136 valence electrons. The summed E-state index contributed by atoms with van der Waals surface area (Å²) in [5.41, 5.74) is 0.718. The molecule has 1 amide bonds. The van der Waals surface area contributed by atoms with Crippen LogP contribution in [0.2, 0.25) is 0 Å². The Bertz CT molecular complexity index is 646. The van der Waals surface area contributed by atoms with Crippen LogP contribution in [0.3, 0.4) is 0 Å². The number of hydrogen-bond acceptors (Lipinski definition) is 4. The molecule has 0 aliphatic carbocycles. The van der Waals surface area contributed by atoms with E-state index in [0.717, 1.165) is 45.4 Å². The zero-order chi connectivity index (χ0) is 17.9.